The summed E-state index contributed by atoms with van der Waals surface area (Å²) in [6.07, 6.45) is 1.15. The van der Waals surface area contributed by atoms with Gasteiger partial charge in [0.2, 0.25) is 5.91 Å². The summed E-state index contributed by atoms with van der Waals surface area (Å²) in [6.45, 7) is 1.92. The van der Waals surface area contributed by atoms with Gasteiger partial charge in [0.25, 0.3) is 0 Å². The summed E-state index contributed by atoms with van der Waals surface area (Å²) in [5, 5.41) is 11.6. The molecule has 0 aliphatic carbocycles. The van der Waals surface area contributed by atoms with Gasteiger partial charge in [-0.2, -0.15) is 0 Å². The molecule has 1 aliphatic heterocycles. The fourth-order valence-corrected chi connectivity index (χ4v) is 2.51. The number of likely N-dealkylation sites (tertiary alicyclic amines) is 1. The Bertz CT molecular complexity index is 559. The van der Waals surface area contributed by atoms with Crippen molar-refractivity contribution in [2.45, 2.75) is 25.3 Å². The van der Waals surface area contributed by atoms with E-state index in [4.69, 9.17) is 0 Å². The number of halogens is 2. The zero-order valence-corrected chi connectivity index (χ0v) is 11.5. The summed E-state index contributed by atoms with van der Waals surface area (Å²) >= 11 is 0. The van der Waals surface area contributed by atoms with Gasteiger partial charge in [0.05, 0.1) is 6.54 Å². The van der Waals surface area contributed by atoms with E-state index in [0.29, 0.717) is 25.5 Å². The molecule has 1 fully saturated rings. The second-order valence-corrected chi connectivity index (χ2v) is 5.31. The Kier molecular flexibility index (Phi) is 4.22. The number of carbonyl (C=O) groups excluding carboxylic acids is 1. The normalized spacial score (nSPS) is 22.2. The van der Waals surface area contributed by atoms with E-state index >= 15 is 0 Å². The van der Waals surface area contributed by atoms with E-state index in [1.807, 2.05) is 0 Å². The zero-order chi connectivity index (χ0) is 15.6. The smallest absolute Gasteiger partial charge is 0.323 e. The molecular weight excluding hydrogens is 282 g/mol. The van der Waals surface area contributed by atoms with Crippen molar-refractivity contribution in [1.29, 1.82) is 0 Å². The number of anilines is 1. The first-order chi connectivity index (χ1) is 9.81. The van der Waals surface area contributed by atoms with Crippen LogP contribution in [-0.4, -0.2) is 40.5 Å². The van der Waals surface area contributed by atoms with Crippen LogP contribution in [0.3, 0.4) is 0 Å². The van der Waals surface area contributed by atoms with Crippen molar-refractivity contribution in [3.05, 3.63) is 29.8 Å². The fraction of sp³-hybridized carbons (Fsp3) is 0.429. The third-order valence-corrected chi connectivity index (χ3v) is 3.73. The molecule has 1 aromatic rings. The largest absolute Gasteiger partial charge is 0.480 e. The maximum atomic E-state index is 13.0. The molecule has 0 spiro atoms. The van der Waals surface area contributed by atoms with E-state index in [2.05, 4.69) is 5.32 Å². The lowest BCUT2D eigenvalue weighted by atomic mass is 9.99. The molecule has 0 bridgehead atoms. The quantitative estimate of drug-likeness (QED) is 0.890. The van der Waals surface area contributed by atoms with E-state index in [9.17, 15) is 23.5 Å². The number of aliphatic carboxylic acids is 1. The molecule has 1 aromatic carbocycles. The Balaban J connectivity index is 2.03. The molecule has 2 rings (SSSR count). The van der Waals surface area contributed by atoms with Crippen molar-refractivity contribution in [3.8, 4) is 0 Å². The van der Waals surface area contributed by atoms with Gasteiger partial charge in [0.15, 0.2) is 0 Å². The average molecular weight is 298 g/mol. The van der Waals surface area contributed by atoms with Crippen LogP contribution in [0.2, 0.25) is 0 Å². The Morgan fingerprint density at radius 1 is 1.33 bits per heavy atom. The molecule has 5 nitrogen and oxygen atoms in total. The molecule has 0 radical (unpaired) electrons. The Labute approximate surface area is 120 Å². The van der Waals surface area contributed by atoms with Gasteiger partial charge in [-0.3, -0.25) is 14.5 Å². The first-order valence-electron chi connectivity index (χ1n) is 6.56. The lowest BCUT2D eigenvalue weighted by Gasteiger charge is -2.30. The molecule has 21 heavy (non-hydrogen) atoms. The molecule has 1 heterocycles. The highest BCUT2D eigenvalue weighted by molar-refractivity contribution is 5.93. The molecule has 1 amide bonds. The fourth-order valence-electron chi connectivity index (χ4n) is 2.51. The van der Waals surface area contributed by atoms with E-state index in [-0.39, 0.29) is 12.2 Å². The number of hydrogen-bond acceptors (Lipinski definition) is 3. The number of hydrogen-bond donors (Lipinski definition) is 2. The maximum absolute atomic E-state index is 13.0. The van der Waals surface area contributed by atoms with Crippen LogP contribution < -0.4 is 5.32 Å². The van der Waals surface area contributed by atoms with Crippen LogP contribution in [0.5, 0.6) is 0 Å². The number of nitrogens with zero attached hydrogens (tertiary/aromatic N) is 1. The summed E-state index contributed by atoms with van der Waals surface area (Å²) in [6, 6.07) is 2.71. The van der Waals surface area contributed by atoms with Gasteiger partial charge >= 0.3 is 5.97 Å². The maximum Gasteiger partial charge on any atom is 0.323 e. The molecule has 2 N–H and O–H groups in total. The van der Waals surface area contributed by atoms with Gasteiger partial charge in [0.1, 0.15) is 17.2 Å². The molecule has 114 valence electrons. The Morgan fingerprint density at radius 3 is 2.52 bits per heavy atom. The molecule has 1 unspecified atom stereocenters. The Morgan fingerprint density at radius 2 is 1.95 bits per heavy atom. The highest BCUT2D eigenvalue weighted by Crippen LogP contribution is 2.28. The SMILES string of the molecule is CC1(C(=O)O)CCCN1CC(=O)Nc1cc(F)cc(F)c1. The van der Waals surface area contributed by atoms with Crippen molar-refractivity contribution in [1.82, 2.24) is 4.90 Å². The summed E-state index contributed by atoms with van der Waals surface area (Å²) < 4.78 is 26.1. The van der Waals surface area contributed by atoms with E-state index in [0.717, 1.165) is 12.1 Å². The molecule has 1 atom stereocenters. The predicted octanol–water partition coefficient (Wildman–Crippen LogP) is 1.84. The van der Waals surface area contributed by atoms with E-state index < -0.39 is 29.0 Å². The van der Waals surface area contributed by atoms with E-state index in [1.165, 1.54) is 0 Å². The number of carboxylic acids is 1. The molecule has 1 aliphatic rings. The van der Waals surface area contributed by atoms with Gasteiger partial charge in [-0.25, -0.2) is 8.78 Å². The van der Waals surface area contributed by atoms with Crippen LogP contribution in [0.1, 0.15) is 19.8 Å². The summed E-state index contributed by atoms with van der Waals surface area (Å²) in [4.78, 5) is 24.8. The van der Waals surface area contributed by atoms with Crippen LogP contribution in [0.25, 0.3) is 0 Å². The van der Waals surface area contributed by atoms with Crippen molar-refractivity contribution in [2.75, 3.05) is 18.4 Å². The minimum Gasteiger partial charge on any atom is -0.480 e. The van der Waals surface area contributed by atoms with Crippen LogP contribution >= 0.6 is 0 Å². The van der Waals surface area contributed by atoms with E-state index in [1.54, 1.807) is 11.8 Å². The van der Waals surface area contributed by atoms with Crippen molar-refractivity contribution in [2.24, 2.45) is 0 Å². The molecule has 0 saturated carbocycles. The number of carboxylic acid groups (broad SMARTS) is 1. The number of benzene rings is 1. The second-order valence-electron chi connectivity index (χ2n) is 5.31. The molecular formula is C14H16F2N2O3. The zero-order valence-electron chi connectivity index (χ0n) is 11.5. The molecule has 0 aromatic heterocycles. The van der Waals surface area contributed by atoms with Gasteiger partial charge in [-0.1, -0.05) is 0 Å². The Hall–Kier alpha value is -2.02. The third kappa shape index (κ3) is 3.36. The first kappa shape index (κ1) is 15.4. The number of rotatable bonds is 4. The average Bonchev–Trinajstić information content (AvgIpc) is 2.70. The minimum absolute atomic E-state index is 0.00808. The van der Waals surface area contributed by atoms with Crippen molar-refractivity contribution >= 4 is 17.6 Å². The van der Waals surface area contributed by atoms with Crippen LogP contribution in [-0.2, 0) is 9.59 Å². The monoisotopic (exact) mass is 298 g/mol. The summed E-state index contributed by atoms with van der Waals surface area (Å²) in [5.41, 5.74) is -1.07. The highest BCUT2D eigenvalue weighted by Gasteiger charge is 2.43. The summed E-state index contributed by atoms with van der Waals surface area (Å²) in [5.74, 6) is -3.07. The topological polar surface area (TPSA) is 69.6 Å². The second kappa shape index (κ2) is 5.77. The van der Waals surface area contributed by atoms with Crippen LogP contribution in [0.4, 0.5) is 14.5 Å². The first-order valence-corrected chi connectivity index (χ1v) is 6.56. The van der Waals surface area contributed by atoms with Gasteiger partial charge in [-0.05, 0) is 38.4 Å². The minimum atomic E-state index is -1.08. The van der Waals surface area contributed by atoms with Gasteiger partial charge in [0, 0.05) is 11.8 Å². The lowest BCUT2D eigenvalue weighted by Crippen LogP contribution is -2.50. The number of nitrogens with one attached hydrogen (secondary N) is 1. The predicted molar refractivity (Wildman–Crippen MR) is 71.8 cm³/mol. The number of amides is 1. The standard InChI is InChI=1S/C14H16F2N2O3/c1-14(13(20)21)3-2-4-18(14)8-12(19)17-11-6-9(15)5-10(16)7-11/h5-7H,2-4,8H2,1H3,(H,17,19)(H,20,21). The van der Waals surface area contributed by atoms with Crippen LogP contribution in [0, 0.1) is 11.6 Å². The summed E-state index contributed by atoms with van der Waals surface area (Å²) in [7, 11) is 0. The number of carbonyl (C=O) groups is 2. The third-order valence-electron chi connectivity index (χ3n) is 3.73. The van der Waals surface area contributed by atoms with Gasteiger partial charge < -0.3 is 10.4 Å². The molecule has 7 heteroatoms. The van der Waals surface area contributed by atoms with Crippen molar-refractivity contribution < 1.29 is 23.5 Å². The molecule has 1 saturated heterocycles. The van der Waals surface area contributed by atoms with Crippen molar-refractivity contribution in [3.63, 3.8) is 0 Å². The highest BCUT2D eigenvalue weighted by atomic mass is 19.1. The van der Waals surface area contributed by atoms with Gasteiger partial charge in [-0.15, -0.1) is 0 Å². The lowest BCUT2D eigenvalue weighted by molar-refractivity contribution is -0.149. The van der Waals surface area contributed by atoms with Crippen LogP contribution in [0.15, 0.2) is 18.2 Å².